The quantitative estimate of drug-likeness (QED) is 0.902. The van der Waals surface area contributed by atoms with E-state index in [9.17, 15) is 9.18 Å². The van der Waals surface area contributed by atoms with Crippen molar-refractivity contribution in [3.63, 3.8) is 0 Å². The fraction of sp³-hybridized carbons (Fsp3) is 0.182. The average molecular weight is 274 g/mol. The number of amides is 1. The van der Waals surface area contributed by atoms with E-state index in [2.05, 4.69) is 5.32 Å². The third-order valence-corrected chi connectivity index (χ3v) is 3.85. The summed E-state index contributed by atoms with van der Waals surface area (Å²) >= 11 is 7.18. The molecule has 0 radical (unpaired) electrons. The van der Waals surface area contributed by atoms with Crippen LogP contribution in [0.15, 0.2) is 18.2 Å². The minimum Gasteiger partial charge on any atom is -0.395 e. The summed E-state index contributed by atoms with van der Waals surface area (Å²) in [6.45, 7) is 0.0284. The van der Waals surface area contributed by atoms with Gasteiger partial charge in [-0.05, 0) is 18.2 Å². The van der Waals surface area contributed by atoms with E-state index in [4.69, 9.17) is 16.7 Å². The van der Waals surface area contributed by atoms with E-state index in [1.54, 1.807) is 6.07 Å². The van der Waals surface area contributed by atoms with Crippen LogP contribution in [0.4, 0.5) is 4.39 Å². The number of fused-ring (bicyclic) bond motifs is 1. The lowest BCUT2D eigenvalue weighted by Gasteiger charge is -2.00. The maximum atomic E-state index is 13.0. The van der Waals surface area contributed by atoms with Crippen molar-refractivity contribution in [2.45, 2.75) is 0 Å². The average Bonchev–Trinajstić information content (AvgIpc) is 2.63. The number of hydrogen-bond acceptors (Lipinski definition) is 3. The number of nitrogens with one attached hydrogen (secondary N) is 1. The molecule has 0 unspecified atom stereocenters. The molecular weight excluding hydrogens is 265 g/mol. The van der Waals surface area contributed by atoms with E-state index in [1.807, 2.05) is 0 Å². The van der Waals surface area contributed by atoms with Gasteiger partial charge in [-0.25, -0.2) is 4.39 Å². The Bertz CT molecular complexity index is 570. The van der Waals surface area contributed by atoms with Crippen LogP contribution in [0.3, 0.4) is 0 Å². The molecule has 1 aromatic heterocycles. The maximum Gasteiger partial charge on any atom is 0.263 e. The number of aliphatic hydroxyl groups is 1. The van der Waals surface area contributed by atoms with Gasteiger partial charge in [-0.15, -0.1) is 11.3 Å². The smallest absolute Gasteiger partial charge is 0.263 e. The summed E-state index contributed by atoms with van der Waals surface area (Å²) in [7, 11) is 0. The molecule has 2 rings (SSSR count). The summed E-state index contributed by atoms with van der Waals surface area (Å²) in [6, 6.07) is 4.19. The Morgan fingerprint density at radius 1 is 1.53 bits per heavy atom. The van der Waals surface area contributed by atoms with Crippen LogP contribution in [0, 0.1) is 5.82 Å². The molecule has 2 aromatic rings. The molecule has 0 aliphatic heterocycles. The number of halogens is 2. The number of carbonyl (C=O) groups excluding carboxylic acids is 1. The van der Waals surface area contributed by atoms with Gasteiger partial charge in [0.2, 0.25) is 0 Å². The van der Waals surface area contributed by atoms with Crippen molar-refractivity contribution in [1.29, 1.82) is 0 Å². The number of aliphatic hydroxyl groups excluding tert-OH is 1. The van der Waals surface area contributed by atoms with Crippen molar-refractivity contribution in [1.82, 2.24) is 5.32 Å². The van der Waals surface area contributed by atoms with Crippen LogP contribution in [0.2, 0.25) is 5.02 Å². The van der Waals surface area contributed by atoms with Gasteiger partial charge in [-0.2, -0.15) is 0 Å². The molecule has 0 atom stereocenters. The van der Waals surface area contributed by atoms with Gasteiger partial charge < -0.3 is 10.4 Å². The van der Waals surface area contributed by atoms with E-state index in [0.717, 1.165) is 11.3 Å². The molecule has 17 heavy (non-hydrogen) atoms. The van der Waals surface area contributed by atoms with Gasteiger partial charge in [0, 0.05) is 16.6 Å². The van der Waals surface area contributed by atoms with E-state index in [-0.39, 0.29) is 24.9 Å². The molecule has 90 valence electrons. The summed E-state index contributed by atoms with van der Waals surface area (Å²) in [5, 5.41) is 12.1. The SMILES string of the molecule is O=C(NCCO)c1sc2cc(F)ccc2c1Cl. The van der Waals surface area contributed by atoms with Gasteiger partial charge in [0.1, 0.15) is 10.7 Å². The molecule has 1 amide bonds. The summed E-state index contributed by atoms with van der Waals surface area (Å²) in [5.41, 5.74) is 0. The standard InChI is InChI=1S/C11H9ClFNO2S/c12-9-7-2-1-6(13)5-8(7)17-10(9)11(16)14-3-4-15/h1-2,5,15H,3-4H2,(H,14,16). The Labute approximate surface area is 106 Å². The normalized spacial score (nSPS) is 10.8. The maximum absolute atomic E-state index is 13.0. The van der Waals surface area contributed by atoms with Crippen molar-refractivity contribution < 1.29 is 14.3 Å². The second-order valence-corrected chi connectivity index (χ2v) is 4.80. The molecule has 0 saturated carbocycles. The van der Waals surface area contributed by atoms with Crippen LogP contribution in [0.5, 0.6) is 0 Å². The van der Waals surface area contributed by atoms with E-state index in [1.165, 1.54) is 12.1 Å². The largest absolute Gasteiger partial charge is 0.395 e. The first-order chi connectivity index (χ1) is 8.13. The van der Waals surface area contributed by atoms with E-state index in [0.29, 0.717) is 20.0 Å². The first-order valence-electron chi connectivity index (χ1n) is 4.90. The fourth-order valence-corrected chi connectivity index (χ4v) is 2.89. The molecule has 0 spiro atoms. The van der Waals surface area contributed by atoms with Crippen molar-refractivity contribution in [2.75, 3.05) is 13.2 Å². The molecule has 0 fully saturated rings. The zero-order valence-corrected chi connectivity index (χ0v) is 10.2. The fourth-order valence-electron chi connectivity index (χ4n) is 1.43. The molecule has 0 aliphatic rings. The van der Waals surface area contributed by atoms with Gasteiger partial charge in [0.05, 0.1) is 11.6 Å². The van der Waals surface area contributed by atoms with Gasteiger partial charge >= 0.3 is 0 Å². The molecule has 0 bridgehead atoms. The monoisotopic (exact) mass is 273 g/mol. The first-order valence-corrected chi connectivity index (χ1v) is 6.09. The van der Waals surface area contributed by atoms with Crippen molar-refractivity contribution in [3.8, 4) is 0 Å². The lowest BCUT2D eigenvalue weighted by molar-refractivity contribution is 0.0949. The topological polar surface area (TPSA) is 49.3 Å². The van der Waals surface area contributed by atoms with Gasteiger partial charge in [0.25, 0.3) is 5.91 Å². The first kappa shape index (κ1) is 12.3. The van der Waals surface area contributed by atoms with Crippen LogP contribution in [-0.2, 0) is 0 Å². The third kappa shape index (κ3) is 2.41. The predicted octanol–water partition coefficient (Wildman–Crippen LogP) is 2.42. The van der Waals surface area contributed by atoms with Crippen LogP contribution >= 0.6 is 22.9 Å². The molecule has 0 saturated heterocycles. The number of thiophene rings is 1. The Hall–Kier alpha value is -1.17. The van der Waals surface area contributed by atoms with Crippen LogP contribution in [0.1, 0.15) is 9.67 Å². The van der Waals surface area contributed by atoms with Crippen LogP contribution in [-0.4, -0.2) is 24.2 Å². The summed E-state index contributed by atoms with van der Waals surface area (Å²) in [4.78, 5) is 12.0. The number of carbonyl (C=O) groups is 1. The van der Waals surface area contributed by atoms with Gasteiger partial charge in [0.15, 0.2) is 0 Å². The minimum absolute atomic E-state index is 0.136. The number of hydrogen-bond donors (Lipinski definition) is 2. The lowest BCUT2D eigenvalue weighted by atomic mass is 10.2. The predicted molar refractivity (Wildman–Crippen MR) is 66.2 cm³/mol. The number of benzene rings is 1. The van der Waals surface area contributed by atoms with Gasteiger partial charge in [-0.3, -0.25) is 4.79 Å². The lowest BCUT2D eigenvalue weighted by Crippen LogP contribution is -2.25. The zero-order chi connectivity index (χ0) is 12.4. The third-order valence-electron chi connectivity index (χ3n) is 2.20. The highest BCUT2D eigenvalue weighted by Gasteiger charge is 2.16. The highest BCUT2D eigenvalue weighted by Crippen LogP contribution is 2.35. The molecule has 2 N–H and O–H groups in total. The van der Waals surface area contributed by atoms with Crippen LogP contribution in [0.25, 0.3) is 10.1 Å². The summed E-state index contributed by atoms with van der Waals surface area (Å²) in [6.07, 6.45) is 0. The molecular formula is C11H9ClFNO2S. The summed E-state index contributed by atoms with van der Waals surface area (Å²) < 4.78 is 13.6. The molecule has 0 aliphatic carbocycles. The van der Waals surface area contributed by atoms with Crippen LogP contribution < -0.4 is 5.32 Å². The summed E-state index contributed by atoms with van der Waals surface area (Å²) in [5.74, 6) is -0.719. The highest BCUT2D eigenvalue weighted by molar-refractivity contribution is 7.21. The highest BCUT2D eigenvalue weighted by atomic mass is 35.5. The van der Waals surface area contributed by atoms with E-state index >= 15 is 0 Å². The minimum atomic E-state index is -0.363. The Balaban J connectivity index is 2.41. The molecule has 3 nitrogen and oxygen atoms in total. The Morgan fingerprint density at radius 2 is 2.29 bits per heavy atom. The van der Waals surface area contributed by atoms with E-state index < -0.39 is 0 Å². The van der Waals surface area contributed by atoms with Gasteiger partial charge in [-0.1, -0.05) is 11.6 Å². The number of rotatable bonds is 3. The van der Waals surface area contributed by atoms with Crippen molar-refractivity contribution in [3.05, 3.63) is 33.9 Å². The van der Waals surface area contributed by atoms with Crippen molar-refractivity contribution >= 4 is 38.9 Å². The molecule has 6 heteroatoms. The van der Waals surface area contributed by atoms with Crippen molar-refractivity contribution in [2.24, 2.45) is 0 Å². The second-order valence-electron chi connectivity index (χ2n) is 3.37. The molecule has 1 aromatic carbocycles. The molecule has 1 heterocycles. The Kier molecular flexibility index (Phi) is 3.61. The second kappa shape index (κ2) is 5.00. The zero-order valence-electron chi connectivity index (χ0n) is 8.67. The Morgan fingerprint density at radius 3 is 3.00 bits per heavy atom.